The molecule has 0 N–H and O–H groups in total. The van der Waals surface area contributed by atoms with Gasteiger partial charge < -0.3 is 0 Å². The van der Waals surface area contributed by atoms with Gasteiger partial charge in [-0.2, -0.15) is 0 Å². The lowest BCUT2D eigenvalue weighted by molar-refractivity contribution is 0.661. The number of hydrogen-bond acceptors (Lipinski definition) is 0. The second-order valence-corrected chi connectivity index (χ2v) is 20.1. The van der Waals surface area contributed by atoms with Crippen molar-refractivity contribution in [1.82, 2.24) is 0 Å². The molecule has 0 atom stereocenters. The third-order valence-electron chi connectivity index (χ3n) is 16.5. The van der Waals surface area contributed by atoms with Crippen LogP contribution in [0.15, 0.2) is 243 Å². The molecule has 70 heavy (non-hydrogen) atoms. The minimum atomic E-state index is -0.644. The van der Waals surface area contributed by atoms with Crippen molar-refractivity contribution < 1.29 is 0 Å². The Morgan fingerprint density at radius 1 is 0.229 bits per heavy atom. The Morgan fingerprint density at radius 3 is 1.07 bits per heavy atom. The van der Waals surface area contributed by atoms with Gasteiger partial charge in [0.25, 0.3) is 0 Å². The molecule has 0 heteroatoms. The summed E-state index contributed by atoms with van der Waals surface area (Å²) >= 11 is 0. The molecule has 0 saturated heterocycles. The number of benzene rings is 13. The lowest BCUT2D eigenvalue weighted by Gasteiger charge is -2.35. The topological polar surface area (TPSA) is 0 Å². The zero-order valence-electron chi connectivity index (χ0n) is 39.1. The van der Waals surface area contributed by atoms with Gasteiger partial charge in [-0.3, -0.25) is 0 Å². The molecule has 0 aliphatic heterocycles. The van der Waals surface area contributed by atoms with E-state index in [9.17, 15) is 0 Å². The van der Waals surface area contributed by atoms with Crippen molar-refractivity contribution in [2.45, 2.75) is 24.7 Å². The van der Waals surface area contributed by atoms with Gasteiger partial charge >= 0.3 is 0 Å². The van der Waals surface area contributed by atoms with E-state index in [0.29, 0.717) is 0 Å². The summed E-state index contributed by atoms with van der Waals surface area (Å²) in [6.07, 6.45) is 0. The van der Waals surface area contributed by atoms with Crippen LogP contribution in [0.3, 0.4) is 0 Å². The van der Waals surface area contributed by atoms with Crippen LogP contribution in [0.4, 0.5) is 0 Å². The van der Waals surface area contributed by atoms with Crippen LogP contribution in [0.1, 0.15) is 47.2 Å². The third-order valence-corrected chi connectivity index (χ3v) is 16.5. The van der Waals surface area contributed by atoms with Crippen molar-refractivity contribution in [1.29, 1.82) is 0 Å². The number of rotatable bonds is 4. The monoisotopic (exact) mass is 886 g/mol. The fourth-order valence-corrected chi connectivity index (χ4v) is 13.7. The molecule has 0 heterocycles. The second kappa shape index (κ2) is 14.5. The smallest absolute Gasteiger partial charge is 0.0622 e. The molecule has 13 aromatic carbocycles. The normalized spacial score (nSPS) is 14.1. The van der Waals surface area contributed by atoms with Crippen molar-refractivity contribution in [3.05, 3.63) is 276 Å². The predicted octanol–water partition coefficient (Wildman–Crippen LogP) is 18.6. The van der Waals surface area contributed by atoms with Gasteiger partial charge in [0.15, 0.2) is 0 Å². The third kappa shape index (κ3) is 5.05. The summed E-state index contributed by atoms with van der Waals surface area (Å²) in [5, 5.41) is 15.3. The van der Waals surface area contributed by atoms with Crippen LogP contribution in [0.2, 0.25) is 0 Å². The van der Waals surface area contributed by atoms with Gasteiger partial charge in [-0.05, 0) is 155 Å². The first-order valence-corrected chi connectivity index (χ1v) is 24.8. The zero-order chi connectivity index (χ0) is 46.3. The maximum atomic E-state index is 2.62. The van der Waals surface area contributed by atoms with E-state index in [-0.39, 0.29) is 5.41 Å². The molecule has 326 valence electrons. The van der Waals surface area contributed by atoms with Crippen LogP contribution < -0.4 is 0 Å². The average molecular weight is 887 g/mol. The van der Waals surface area contributed by atoms with Gasteiger partial charge in [0.2, 0.25) is 0 Å². The van der Waals surface area contributed by atoms with Crippen LogP contribution in [0, 0.1) is 0 Å². The molecular weight excluding hydrogens is 841 g/mol. The van der Waals surface area contributed by atoms with Crippen molar-refractivity contribution in [3.63, 3.8) is 0 Å². The van der Waals surface area contributed by atoms with Gasteiger partial charge in [0, 0.05) is 5.41 Å². The molecule has 2 aliphatic carbocycles. The summed E-state index contributed by atoms with van der Waals surface area (Å²) in [7, 11) is 0. The van der Waals surface area contributed by atoms with E-state index in [1.54, 1.807) is 0 Å². The van der Waals surface area contributed by atoms with Crippen LogP contribution >= 0.6 is 0 Å². The first kappa shape index (κ1) is 39.4. The van der Waals surface area contributed by atoms with Crippen LogP contribution in [-0.4, -0.2) is 0 Å². The summed E-state index contributed by atoms with van der Waals surface area (Å²) in [5.41, 5.74) is 17.7. The molecule has 0 aromatic heterocycles. The lowest BCUT2D eigenvalue weighted by Crippen LogP contribution is -2.29. The first-order valence-electron chi connectivity index (χ1n) is 24.8. The summed E-state index contributed by atoms with van der Waals surface area (Å²) in [6.45, 7) is 4.81. The maximum Gasteiger partial charge on any atom is 0.0720 e. The van der Waals surface area contributed by atoms with E-state index >= 15 is 0 Å². The van der Waals surface area contributed by atoms with Crippen molar-refractivity contribution in [2.75, 3.05) is 0 Å². The lowest BCUT2D eigenvalue weighted by atomic mass is 9.66. The molecule has 2 aliphatic rings. The molecule has 15 rings (SSSR count). The second-order valence-electron chi connectivity index (χ2n) is 20.1. The Hall–Kier alpha value is -8.58. The molecule has 0 saturated carbocycles. The summed E-state index contributed by atoms with van der Waals surface area (Å²) in [5.74, 6) is 0. The Labute approximate surface area is 407 Å². The average Bonchev–Trinajstić information content (AvgIpc) is 3.87. The first-order chi connectivity index (χ1) is 34.5. The molecule has 0 bridgehead atoms. The molecule has 13 aromatic rings. The van der Waals surface area contributed by atoms with Gasteiger partial charge in [0.1, 0.15) is 0 Å². The Balaban J connectivity index is 1.12. The van der Waals surface area contributed by atoms with Crippen molar-refractivity contribution in [2.24, 2.45) is 0 Å². The molecule has 0 fully saturated rings. The van der Waals surface area contributed by atoms with Gasteiger partial charge in [-0.15, -0.1) is 0 Å². The minimum absolute atomic E-state index is 0.155. The standard InChI is InChI=1S/C70H46/c1-69(2)60-40-22-21-39-57(60)65-49-31-13-10-29-47(49)58(41-61(65)69)63-52-34-16-18-36-54(52)64(55-37-19-17-35-53(55)63)59-42-62-66(50-32-14-11-30-48(50)59)67-51-33-15-9-27-45(51)46-28-12-20-38-56(46)68(67)70(62,43-23-5-3-6-24-43)44-25-7-4-8-26-44/h3-42H,1-2H3. The Kier molecular flexibility index (Phi) is 8.15. The van der Waals surface area contributed by atoms with Crippen molar-refractivity contribution >= 4 is 64.6 Å². The maximum absolute atomic E-state index is 2.62. The van der Waals surface area contributed by atoms with E-state index in [2.05, 4.69) is 257 Å². The predicted molar refractivity (Wildman–Crippen MR) is 297 cm³/mol. The summed E-state index contributed by atoms with van der Waals surface area (Å²) in [4.78, 5) is 0. The number of hydrogen-bond donors (Lipinski definition) is 0. The van der Waals surface area contributed by atoms with Crippen LogP contribution in [0.25, 0.3) is 109 Å². The largest absolute Gasteiger partial charge is 0.0720 e. The highest BCUT2D eigenvalue weighted by atomic mass is 14.5. The SMILES string of the molecule is CC1(C)c2ccccc2-c2c1cc(-c1c3ccccc3c(-c3cc4c(c5ccccc35)-c3c(c5ccccc5c5ccccc35)C4(c3ccccc3)c3ccccc3)c3ccccc13)c1ccccc21. The van der Waals surface area contributed by atoms with Gasteiger partial charge in [0.05, 0.1) is 5.41 Å². The highest BCUT2D eigenvalue weighted by Gasteiger charge is 2.49. The molecule has 0 nitrogen and oxygen atoms in total. The quantitative estimate of drug-likeness (QED) is 0.122. The van der Waals surface area contributed by atoms with E-state index in [1.165, 1.54) is 143 Å². The van der Waals surface area contributed by atoms with E-state index in [1.807, 2.05) is 0 Å². The van der Waals surface area contributed by atoms with Crippen LogP contribution in [-0.2, 0) is 10.8 Å². The fourth-order valence-electron chi connectivity index (χ4n) is 13.7. The minimum Gasteiger partial charge on any atom is -0.0622 e. The summed E-state index contributed by atoms with van der Waals surface area (Å²) < 4.78 is 0. The van der Waals surface area contributed by atoms with Gasteiger partial charge in [-0.25, -0.2) is 0 Å². The molecule has 0 spiro atoms. The molecule has 0 unspecified atom stereocenters. The highest BCUT2D eigenvalue weighted by molar-refractivity contribution is 6.28. The van der Waals surface area contributed by atoms with Crippen molar-refractivity contribution in [3.8, 4) is 44.5 Å². The molecule has 0 amide bonds. The Morgan fingerprint density at radius 2 is 0.571 bits per heavy atom. The van der Waals surface area contributed by atoms with E-state index in [0.717, 1.165) is 0 Å². The summed E-state index contributed by atoms with van der Waals surface area (Å²) in [6, 6.07) is 92.1. The number of fused-ring (bicyclic) bond motifs is 17. The highest BCUT2D eigenvalue weighted by Crippen LogP contribution is 2.63. The van der Waals surface area contributed by atoms with E-state index in [4.69, 9.17) is 0 Å². The molecule has 0 radical (unpaired) electrons. The Bertz CT molecular complexity index is 4270. The van der Waals surface area contributed by atoms with Crippen LogP contribution in [0.5, 0.6) is 0 Å². The zero-order valence-corrected chi connectivity index (χ0v) is 39.1. The fraction of sp³-hybridized carbons (Fsp3) is 0.0571. The van der Waals surface area contributed by atoms with E-state index < -0.39 is 5.41 Å². The molecular formula is C70H46. The van der Waals surface area contributed by atoms with Gasteiger partial charge in [-0.1, -0.05) is 244 Å².